The molecule has 3 aromatic rings. The van der Waals surface area contributed by atoms with Crippen molar-refractivity contribution in [1.29, 1.82) is 0 Å². The molecule has 0 aliphatic carbocycles. The molecule has 142 valence electrons. The Kier molecular flexibility index (Phi) is 6.63. The largest absolute Gasteiger partial charge is 0.462 e. The van der Waals surface area contributed by atoms with Crippen LogP contribution >= 0.6 is 22.9 Å². The van der Waals surface area contributed by atoms with Crippen LogP contribution in [0.1, 0.15) is 22.8 Å². The summed E-state index contributed by atoms with van der Waals surface area (Å²) in [6.45, 7) is 2.00. The summed E-state index contributed by atoms with van der Waals surface area (Å²) in [5.41, 5.74) is 2.79. The Balaban J connectivity index is 1.86. The molecular weight excluding hydrogens is 394 g/mol. The number of hydrogen-bond donors (Lipinski definition) is 1. The van der Waals surface area contributed by atoms with Gasteiger partial charge in [-0.2, -0.15) is 0 Å². The zero-order valence-corrected chi connectivity index (χ0v) is 16.7. The number of ether oxygens (including phenoxy) is 1. The van der Waals surface area contributed by atoms with Crippen LogP contribution in [0.4, 0.5) is 5.00 Å². The van der Waals surface area contributed by atoms with Crippen molar-refractivity contribution in [3.05, 3.63) is 82.2 Å². The summed E-state index contributed by atoms with van der Waals surface area (Å²) < 4.78 is 5.20. The van der Waals surface area contributed by atoms with Crippen LogP contribution in [0.15, 0.2) is 66.1 Å². The summed E-state index contributed by atoms with van der Waals surface area (Å²) in [4.78, 5) is 24.9. The molecule has 0 aliphatic heterocycles. The van der Waals surface area contributed by atoms with E-state index in [1.54, 1.807) is 25.1 Å². The molecule has 28 heavy (non-hydrogen) atoms. The fourth-order valence-corrected chi connectivity index (χ4v) is 3.78. The summed E-state index contributed by atoms with van der Waals surface area (Å²) in [6, 6.07) is 16.7. The summed E-state index contributed by atoms with van der Waals surface area (Å²) in [6.07, 6.45) is 3.07. The zero-order chi connectivity index (χ0) is 19.9. The molecule has 1 aromatic heterocycles. The van der Waals surface area contributed by atoms with Gasteiger partial charge in [0.25, 0.3) is 0 Å². The molecule has 0 saturated heterocycles. The Morgan fingerprint density at radius 2 is 1.93 bits per heavy atom. The second-order valence-electron chi connectivity index (χ2n) is 5.82. The molecule has 1 heterocycles. The number of anilines is 1. The van der Waals surface area contributed by atoms with Crippen LogP contribution in [-0.2, 0) is 9.53 Å². The van der Waals surface area contributed by atoms with Crippen molar-refractivity contribution < 1.29 is 14.3 Å². The van der Waals surface area contributed by atoms with E-state index < -0.39 is 5.97 Å². The van der Waals surface area contributed by atoms with E-state index in [1.807, 2.05) is 47.8 Å². The van der Waals surface area contributed by atoms with Crippen molar-refractivity contribution in [2.45, 2.75) is 6.92 Å². The Hall–Kier alpha value is -2.89. The van der Waals surface area contributed by atoms with Gasteiger partial charge in [0.05, 0.1) is 6.61 Å². The SMILES string of the molecule is CCOC(=O)c1c(-c2ccccc2)csc1NC(=O)C=Cc1cccc(Cl)c1. The minimum absolute atomic E-state index is 0.255. The average Bonchev–Trinajstić information content (AvgIpc) is 3.11. The highest BCUT2D eigenvalue weighted by molar-refractivity contribution is 7.15. The summed E-state index contributed by atoms with van der Waals surface area (Å²) in [7, 11) is 0. The van der Waals surface area contributed by atoms with Gasteiger partial charge in [0.2, 0.25) is 5.91 Å². The molecule has 0 radical (unpaired) electrons. The summed E-state index contributed by atoms with van der Waals surface area (Å²) in [5.74, 6) is -0.802. The van der Waals surface area contributed by atoms with Gasteiger partial charge in [-0.1, -0.05) is 54.1 Å². The van der Waals surface area contributed by atoms with E-state index >= 15 is 0 Å². The molecule has 3 rings (SSSR count). The zero-order valence-electron chi connectivity index (χ0n) is 15.1. The van der Waals surface area contributed by atoms with E-state index in [-0.39, 0.29) is 12.5 Å². The fraction of sp³-hybridized carbons (Fsp3) is 0.0909. The van der Waals surface area contributed by atoms with E-state index in [9.17, 15) is 9.59 Å². The lowest BCUT2D eigenvalue weighted by Crippen LogP contribution is -2.12. The van der Waals surface area contributed by atoms with Crippen molar-refractivity contribution >= 4 is 45.9 Å². The van der Waals surface area contributed by atoms with Crippen molar-refractivity contribution in [3.8, 4) is 11.1 Å². The number of nitrogens with one attached hydrogen (secondary N) is 1. The van der Waals surface area contributed by atoms with Gasteiger partial charge >= 0.3 is 5.97 Å². The quantitative estimate of drug-likeness (QED) is 0.406. The average molecular weight is 412 g/mol. The first-order valence-electron chi connectivity index (χ1n) is 8.67. The van der Waals surface area contributed by atoms with Crippen LogP contribution in [0.2, 0.25) is 5.02 Å². The van der Waals surface area contributed by atoms with Crippen molar-refractivity contribution in [2.24, 2.45) is 0 Å². The second-order valence-corrected chi connectivity index (χ2v) is 7.13. The molecule has 0 bridgehead atoms. The van der Waals surface area contributed by atoms with Crippen molar-refractivity contribution in [3.63, 3.8) is 0 Å². The monoisotopic (exact) mass is 411 g/mol. The summed E-state index contributed by atoms with van der Waals surface area (Å²) in [5, 5.41) is 5.68. The topological polar surface area (TPSA) is 55.4 Å². The Morgan fingerprint density at radius 1 is 1.14 bits per heavy atom. The first kappa shape index (κ1) is 19.9. The van der Waals surface area contributed by atoms with Crippen LogP contribution in [0.25, 0.3) is 17.2 Å². The molecule has 0 unspecified atom stereocenters. The van der Waals surface area contributed by atoms with Crippen molar-refractivity contribution in [2.75, 3.05) is 11.9 Å². The van der Waals surface area contributed by atoms with E-state index in [2.05, 4.69) is 5.32 Å². The van der Waals surface area contributed by atoms with E-state index in [0.717, 1.165) is 16.7 Å². The smallest absolute Gasteiger partial charge is 0.341 e. The Labute approximate surface area is 172 Å². The number of amides is 1. The predicted octanol–water partition coefficient (Wildman–Crippen LogP) is 5.90. The molecule has 1 N–H and O–H groups in total. The number of halogens is 1. The molecule has 4 nitrogen and oxygen atoms in total. The molecule has 2 aromatic carbocycles. The highest BCUT2D eigenvalue weighted by Gasteiger charge is 2.22. The Bertz CT molecular complexity index is 1010. The number of rotatable bonds is 6. The highest BCUT2D eigenvalue weighted by atomic mass is 35.5. The van der Waals surface area contributed by atoms with Crippen LogP contribution in [0, 0.1) is 0 Å². The third-order valence-corrected chi connectivity index (χ3v) is 5.00. The van der Waals surface area contributed by atoms with Gasteiger partial charge < -0.3 is 10.1 Å². The molecule has 0 saturated carbocycles. The number of thiophene rings is 1. The highest BCUT2D eigenvalue weighted by Crippen LogP contribution is 2.36. The Morgan fingerprint density at radius 3 is 2.64 bits per heavy atom. The maximum absolute atomic E-state index is 12.5. The minimum Gasteiger partial charge on any atom is -0.462 e. The van der Waals surface area contributed by atoms with Gasteiger partial charge in [-0.05, 0) is 36.3 Å². The lowest BCUT2D eigenvalue weighted by atomic mass is 10.0. The summed E-state index contributed by atoms with van der Waals surface area (Å²) >= 11 is 7.24. The van der Waals surface area contributed by atoms with E-state index in [4.69, 9.17) is 16.3 Å². The second kappa shape index (κ2) is 9.35. The lowest BCUT2D eigenvalue weighted by Gasteiger charge is -2.08. The molecule has 0 spiro atoms. The number of carbonyl (C=O) groups is 2. The molecule has 0 aliphatic rings. The van der Waals surface area contributed by atoms with Gasteiger partial charge in [0, 0.05) is 22.0 Å². The van der Waals surface area contributed by atoms with Crippen LogP contribution < -0.4 is 5.32 Å². The molecule has 1 amide bonds. The van der Waals surface area contributed by atoms with Gasteiger partial charge in [0.1, 0.15) is 10.6 Å². The first-order valence-corrected chi connectivity index (χ1v) is 9.93. The molecular formula is C22H18ClNO3S. The predicted molar refractivity (Wildman–Crippen MR) is 115 cm³/mol. The standard InChI is InChI=1S/C22H18ClNO3S/c1-2-27-22(26)20-18(16-8-4-3-5-9-16)14-28-21(20)24-19(25)12-11-15-7-6-10-17(23)13-15/h3-14H,2H2,1H3,(H,24,25). The molecule has 0 atom stereocenters. The van der Waals surface area contributed by atoms with Gasteiger partial charge in [-0.3, -0.25) is 4.79 Å². The maximum Gasteiger partial charge on any atom is 0.341 e. The van der Waals surface area contributed by atoms with Gasteiger partial charge in [-0.25, -0.2) is 4.79 Å². The number of esters is 1. The van der Waals surface area contributed by atoms with Gasteiger partial charge in [0.15, 0.2) is 0 Å². The third kappa shape index (κ3) is 4.88. The lowest BCUT2D eigenvalue weighted by molar-refractivity contribution is -0.111. The number of carbonyl (C=O) groups excluding carboxylic acids is 2. The first-order chi connectivity index (χ1) is 13.6. The van der Waals surface area contributed by atoms with Crippen LogP contribution in [0.5, 0.6) is 0 Å². The molecule has 0 fully saturated rings. The number of hydrogen-bond acceptors (Lipinski definition) is 4. The van der Waals surface area contributed by atoms with Gasteiger partial charge in [-0.15, -0.1) is 11.3 Å². The van der Waals surface area contributed by atoms with E-state index in [0.29, 0.717) is 15.6 Å². The van der Waals surface area contributed by atoms with Crippen LogP contribution in [0.3, 0.4) is 0 Å². The van der Waals surface area contributed by atoms with Crippen LogP contribution in [-0.4, -0.2) is 18.5 Å². The minimum atomic E-state index is -0.461. The fourth-order valence-electron chi connectivity index (χ4n) is 2.62. The number of benzene rings is 2. The van der Waals surface area contributed by atoms with Crippen molar-refractivity contribution in [1.82, 2.24) is 0 Å². The maximum atomic E-state index is 12.5. The third-order valence-electron chi connectivity index (χ3n) is 3.87. The normalized spacial score (nSPS) is 10.8. The van der Waals surface area contributed by atoms with E-state index in [1.165, 1.54) is 17.4 Å². The molecule has 6 heteroatoms.